The molecular formula is C21H26N2O3. The third-order valence-corrected chi connectivity index (χ3v) is 5.03. The van der Waals surface area contributed by atoms with Crippen molar-refractivity contribution in [3.63, 3.8) is 0 Å². The normalized spacial score (nSPS) is 17.5. The van der Waals surface area contributed by atoms with E-state index in [-0.39, 0.29) is 12.5 Å². The van der Waals surface area contributed by atoms with Gasteiger partial charge < -0.3 is 15.2 Å². The fraction of sp³-hybridized carbons (Fsp3) is 0.429. The zero-order valence-corrected chi connectivity index (χ0v) is 15.1. The average Bonchev–Trinajstić information content (AvgIpc) is 2.68. The summed E-state index contributed by atoms with van der Waals surface area (Å²) >= 11 is 0. The maximum Gasteiger partial charge on any atom is 0.226 e. The summed E-state index contributed by atoms with van der Waals surface area (Å²) in [6, 6.07) is 12.2. The molecule has 1 aliphatic rings. The standard InChI is InChI=1S/C21H26N2O3/c1-16(24)15-23-20(25)21(8-12-26-13-9-21)14-18-4-2-3-5-19(18)17-6-10-22-11-7-17/h2-7,10-11,16,24H,8-9,12-15H2,1H3,(H,23,25)/t16-/m1/s1. The number of carbonyl (C=O) groups is 1. The highest BCUT2D eigenvalue weighted by molar-refractivity contribution is 5.83. The van der Waals surface area contributed by atoms with Gasteiger partial charge >= 0.3 is 0 Å². The second kappa shape index (κ2) is 8.43. The molecule has 0 bridgehead atoms. The molecule has 2 heterocycles. The van der Waals surface area contributed by atoms with Gasteiger partial charge in [-0.1, -0.05) is 24.3 Å². The molecule has 1 fully saturated rings. The van der Waals surface area contributed by atoms with Gasteiger partial charge in [-0.3, -0.25) is 9.78 Å². The number of ether oxygens (including phenoxy) is 1. The maximum atomic E-state index is 13.0. The van der Waals surface area contributed by atoms with Crippen molar-refractivity contribution in [2.45, 2.75) is 32.3 Å². The predicted octanol–water partition coefficient (Wildman–Crippen LogP) is 2.58. The lowest BCUT2D eigenvalue weighted by Crippen LogP contribution is -2.47. The van der Waals surface area contributed by atoms with Gasteiger partial charge in [-0.25, -0.2) is 0 Å². The van der Waals surface area contributed by atoms with Gasteiger partial charge in [0.25, 0.3) is 0 Å². The number of rotatable bonds is 6. The van der Waals surface area contributed by atoms with Gasteiger partial charge in [-0.2, -0.15) is 0 Å². The van der Waals surface area contributed by atoms with E-state index in [9.17, 15) is 9.90 Å². The van der Waals surface area contributed by atoms with Crippen LogP contribution in [-0.2, 0) is 16.0 Å². The number of pyridine rings is 1. The Morgan fingerprint density at radius 1 is 1.23 bits per heavy atom. The van der Waals surface area contributed by atoms with E-state index in [0.29, 0.717) is 32.5 Å². The molecule has 0 unspecified atom stereocenters. The molecule has 0 radical (unpaired) electrons. The lowest BCUT2D eigenvalue weighted by molar-refractivity contribution is -0.137. The first-order valence-corrected chi connectivity index (χ1v) is 9.13. The van der Waals surface area contributed by atoms with E-state index in [1.54, 1.807) is 19.3 Å². The Morgan fingerprint density at radius 3 is 2.62 bits per heavy atom. The second-order valence-electron chi connectivity index (χ2n) is 7.02. The smallest absolute Gasteiger partial charge is 0.226 e. The fourth-order valence-electron chi connectivity index (χ4n) is 3.53. The Balaban J connectivity index is 1.89. The summed E-state index contributed by atoms with van der Waals surface area (Å²) in [6.07, 6.45) is 5.03. The Kier molecular flexibility index (Phi) is 6.01. The van der Waals surface area contributed by atoms with E-state index in [2.05, 4.69) is 22.4 Å². The average molecular weight is 354 g/mol. The maximum absolute atomic E-state index is 13.0. The van der Waals surface area contributed by atoms with Crippen molar-refractivity contribution < 1.29 is 14.6 Å². The number of aromatic nitrogens is 1. The zero-order valence-electron chi connectivity index (χ0n) is 15.1. The number of hydrogen-bond acceptors (Lipinski definition) is 4. The molecule has 0 aliphatic carbocycles. The third kappa shape index (κ3) is 4.29. The summed E-state index contributed by atoms with van der Waals surface area (Å²) in [6.45, 7) is 3.11. The van der Waals surface area contributed by atoms with Gasteiger partial charge in [0.05, 0.1) is 11.5 Å². The van der Waals surface area contributed by atoms with Crippen LogP contribution in [0.25, 0.3) is 11.1 Å². The molecule has 1 aromatic heterocycles. The SMILES string of the molecule is C[C@@H](O)CNC(=O)C1(Cc2ccccc2-c2ccncc2)CCOCC1. The van der Waals surface area contributed by atoms with E-state index in [1.807, 2.05) is 24.3 Å². The molecule has 5 heteroatoms. The first-order valence-electron chi connectivity index (χ1n) is 9.13. The number of hydrogen-bond donors (Lipinski definition) is 2. The van der Waals surface area contributed by atoms with Crippen molar-refractivity contribution in [2.24, 2.45) is 5.41 Å². The first-order chi connectivity index (χ1) is 12.6. The van der Waals surface area contributed by atoms with E-state index in [4.69, 9.17) is 4.74 Å². The summed E-state index contributed by atoms with van der Waals surface area (Å²) in [5.41, 5.74) is 2.87. The number of aliphatic hydroxyl groups excluding tert-OH is 1. The van der Waals surface area contributed by atoms with E-state index >= 15 is 0 Å². The molecule has 5 nitrogen and oxygen atoms in total. The fourth-order valence-corrected chi connectivity index (χ4v) is 3.53. The van der Waals surface area contributed by atoms with Crippen LogP contribution >= 0.6 is 0 Å². The van der Waals surface area contributed by atoms with Gasteiger partial charge in [0, 0.05) is 32.2 Å². The molecule has 1 aromatic carbocycles. The van der Waals surface area contributed by atoms with Gasteiger partial charge in [-0.15, -0.1) is 0 Å². The van der Waals surface area contributed by atoms with E-state index in [1.165, 1.54) is 0 Å². The minimum absolute atomic E-state index is 0.00577. The highest BCUT2D eigenvalue weighted by atomic mass is 16.5. The van der Waals surface area contributed by atoms with Gasteiger partial charge in [0.1, 0.15) is 0 Å². The van der Waals surface area contributed by atoms with Crippen LogP contribution in [0.1, 0.15) is 25.3 Å². The molecule has 0 saturated carbocycles. The molecule has 138 valence electrons. The number of aliphatic hydroxyl groups is 1. The van der Waals surface area contributed by atoms with Crippen molar-refractivity contribution in [2.75, 3.05) is 19.8 Å². The van der Waals surface area contributed by atoms with Crippen LogP contribution < -0.4 is 5.32 Å². The van der Waals surface area contributed by atoms with Crippen molar-refractivity contribution in [3.8, 4) is 11.1 Å². The van der Waals surface area contributed by atoms with Crippen LogP contribution in [0.5, 0.6) is 0 Å². The quantitative estimate of drug-likeness (QED) is 0.836. The summed E-state index contributed by atoms with van der Waals surface area (Å²) in [5, 5.41) is 12.4. The van der Waals surface area contributed by atoms with Crippen LogP contribution in [0.15, 0.2) is 48.8 Å². The zero-order chi connectivity index (χ0) is 18.4. The molecule has 1 amide bonds. The number of amides is 1. The number of carbonyl (C=O) groups excluding carboxylic acids is 1. The Bertz CT molecular complexity index is 725. The monoisotopic (exact) mass is 354 g/mol. The molecule has 26 heavy (non-hydrogen) atoms. The van der Waals surface area contributed by atoms with Gasteiger partial charge in [0.2, 0.25) is 5.91 Å². The summed E-state index contributed by atoms with van der Waals surface area (Å²) in [7, 11) is 0. The van der Waals surface area contributed by atoms with Gasteiger partial charge in [-0.05, 0) is 55.0 Å². The predicted molar refractivity (Wildman–Crippen MR) is 101 cm³/mol. The first kappa shape index (κ1) is 18.5. The summed E-state index contributed by atoms with van der Waals surface area (Å²) in [4.78, 5) is 17.1. The number of benzene rings is 1. The lowest BCUT2D eigenvalue weighted by Gasteiger charge is -2.36. The molecule has 1 aliphatic heterocycles. The molecule has 1 saturated heterocycles. The van der Waals surface area contributed by atoms with Gasteiger partial charge in [0.15, 0.2) is 0 Å². The minimum Gasteiger partial charge on any atom is -0.392 e. The van der Waals surface area contributed by atoms with Crippen LogP contribution in [-0.4, -0.2) is 41.9 Å². The largest absolute Gasteiger partial charge is 0.392 e. The van der Waals surface area contributed by atoms with Crippen LogP contribution in [0, 0.1) is 5.41 Å². The Hall–Kier alpha value is -2.24. The van der Waals surface area contributed by atoms with E-state index < -0.39 is 11.5 Å². The highest BCUT2D eigenvalue weighted by Gasteiger charge is 2.40. The van der Waals surface area contributed by atoms with Crippen LogP contribution in [0.4, 0.5) is 0 Å². The van der Waals surface area contributed by atoms with Crippen molar-refractivity contribution >= 4 is 5.91 Å². The molecule has 2 N–H and O–H groups in total. The lowest BCUT2D eigenvalue weighted by atomic mass is 9.73. The number of nitrogens with zero attached hydrogens (tertiary/aromatic N) is 1. The molecule has 2 aromatic rings. The highest BCUT2D eigenvalue weighted by Crippen LogP contribution is 2.37. The number of nitrogens with one attached hydrogen (secondary N) is 1. The van der Waals surface area contributed by atoms with Crippen LogP contribution in [0.3, 0.4) is 0 Å². The molecular weight excluding hydrogens is 328 g/mol. The summed E-state index contributed by atoms with van der Waals surface area (Å²) in [5.74, 6) is 0.00577. The van der Waals surface area contributed by atoms with Crippen LogP contribution in [0.2, 0.25) is 0 Å². The van der Waals surface area contributed by atoms with E-state index in [0.717, 1.165) is 16.7 Å². The molecule has 3 rings (SSSR count). The summed E-state index contributed by atoms with van der Waals surface area (Å²) < 4.78 is 5.52. The Morgan fingerprint density at radius 2 is 1.92 bits per heavy atom. The van der Waals surface area contributed by atoms with Crippen molar-refractivity contribution in [1.29, 1.82) is 0 Å². The minimum atomic E-state index is -0.556. The van der Waals surface area contributed by atoms with Crippen molar-refractivity contribution in [1.82, 2.24) is 10.3 Å². The molecule has 1 atom stereocenters. The molecule has 0 spiro atoms. The Labute approximate surface area is 154 Å². The third-order valence-electron chi connectivity index (χ3n) is 5.03. The van der Waals surface area contributed by atoms with Crippen molar-refractivity contribution in [3.05, 3.63) is 54.4 Å². The second-order valence-corrected chi connectivity index (χ2v) is 7.02. The topological polar surface area (TPSA) is 71.5 Å².